The maximum Gasteiger partial charge on any atom is 0.141 e. The highest BCUT2D eigenvalue weighted by Gasteiger charge is 2.21. The fourth-order valence-corrected chi connectivity index (χ4v) is 6.00. The standard InChI is InChI=1S/C28H34N5O2P/c1-32-14-16-33(17-15-32)21-13-12-20(25(19-21)35-2)18-27-29-23-10-7-8-22(23)28(31-27)30-24-9-5-6-11-26(24)36(3,4)34/h5-9,11-13,19H,10,14-18H2,1-4H3,(H,29,30,31). The van der Waals surface area contributed by atoms with Crippen molar-refractivity contribution in [2.45, 2.75) is 12.8 Å². The van der Waals surface area contributed by atoms with E-state index in [-0.39, 0.29) is 0 Å². The zero-order valence-electron chi connectivity index (χ0n) is 21.5. The average molecular weight is 504 g/mol. The van der Waals surface area contributed by atoms with Crippen molar-refractivity contribution in [3.8, 4) is 5.75 Å². The number of allylic oxidation sites excluding steroid dienone is 1. The number of benzene rings is 2. The van der Waals surface area contributed by atoms with Crippen molar-refractivity contribution in [1.29, 1.82) is 0 Å². The van der Waals surface area contributed by atoms with Gasteiger partial charge >= 0.3 is 0 Å². The van der Waals surface area contributed by atoms with E-state index in [0.717, 1.165) is 77.8 Å². The van der Waals surface area contributed by atoms with Gasteiger partial charge in [-0.3, -0.25) is 0 Å². The Balaban J connectivity index is 1.44. The molecule has 7 nitrogen and oxygen atoms in total. The van der Waals surface area contributed by atoms with Crippen LogP contribution in [0.4, 0.5) is 17.2 Å². The third kappa shape index (κ3) is 5.18. The summed E-state index contributed by atoms with van der Waals surface area (Å²) < 4.78 is 18.7. The number of rotatable bonds is 7. The Hall–Kier alpha value is -3.15. The van der Waals surface area contributed by atoms with E-state index in [1.54, 1.807) is 20.4 Å². The summed E-state index contributed by atoms with van der Waals surface area (Å²) in [6.45, 7) is 7.73. The third-order valence-electron chi connectivity index (χ3n) is 6.89. The van der Waals surface area contributed by atoms with Crippen LogP contribution in [0.1, 0.15) is 22.6 Å². The fraction of sp³-hybridized carbons (Fsp3) is 0.357. The van der Waals surface area contributed by atoms with E-state index in [9.17, 15) is 4.57 Å². The molecule has 1 aliphatic heterocycles. The molecule has 2 heterocycles. The van der Waals surface area contributed by atoms with Crippen LogP contribution in [-0.4, -0.2) is 68.5 Å². The molecular weight excluding hydrogens is 469 g/mol. The second kappa shape index (κ2) is 10.1. The van der Waals surface area contributed by atoms with Crippen molar-refractivity contribution < 1.29 is 9.30 Å². The summed E-state index contributed by atoms with van der Waals surface area (Å²) in [5.74, 6) is 2.34. The molecule has 2 aliphatic rings. The second-order valence-corrected chi connectivity index (χ2v) is 13.1. The first-order valence-corrected chi connectivity index (χ1v) is 15.0. The van der Waals surface area contributed by atoms with Crippen LogP contribution in [-0.2, 0) is 17.4 Å². The molecule has 2 aromatic carbocycles. The highest BCUT2D eigenvalue weighted by molar-refractivity contribution is 7.70. The number of nitrogens with one attached hydrogen (secondary N) is 1. The van der Waals surface area contributed by atoms with Crippen molar-refractivity contribution in [3.63, 3.8) is 0 Å². The van der Waals surface area contributed by atoms with Crippen LogP contribution in [0.15, 0.2) is 48.5 Å². The van der Waals surface area contributed by atoms with Gasteiger partial charge in [-0.1, -0.05) is 30.4 Å². The van der Waals surface area contributed by atoms with Gasteiger partial charge in [0.1, 0.15) is 24.5 Å². The molecule has 1 fully saturated rings. The van der Waals surface area contributed by atoms with E-state index in [4.69, 9.17) is 14.7 Å². The van der Waals surface area contributed by atoms with Crippen molar-refractivity contribution in [3.05, 3.63) is 71.2 Å². The second-order valence-electron chi connectivity index (χ2n) is 9.91. The molecule has 1 N–H and O–H groups in total. The van der Waals surface area contributed by atoms with E-state index in [1.165, 1.54) is 5.69 Å². The van der Waals surface area contributed by atoms with E-state index in [0.29, 0.717) is 6.42 Å². The van der Waals surface area contributed by atoms with Gasteiger partial charge in [-0.25, -0.2) is 9.97 Å². The molecule has 0 unspecified atom stereocenters. The summed E-state index contributed by atoms with van der Waals surface area (Å²) in [4.78, 5) is 14.6. The summed E-state index contributed by atoms with van der Waals surface area (Å²) in [6, 6.07) is 14.2. The van der Waals surface area contributed by atoms with Gasteiger partial charge in [0, 0.05) is 67.2 Å². The number of ether oxygens (including phenoxy) is 1. The average Bonchev–Trinajstić information content (AvgIpc) is 3.34. The van der Waals surface area contributed by atoms with Crippen LogP contribution in [0.5, 0.6) is 5.75 Å². The monoisotopic (exact) mass is 503 g/mol. The van der Waals surface area contributed by atoms with Gasteiger partial charge in [-0.05, 0) is 38.6 Å². The van der Waals surface area contributed by atoms with Gasteiger partial charge in [0.05, 0.1) is 18.5 Å². The SMILES string of the molecule is COc1cc(N2CCN(C)CC2)ccc1Cc1nc2c(c(Nc3ccccc3P(C)(C)=O)n1)C=CC2. The normalized spacial score (nSPS) is 15.7. The number of nitrogens with zero attached hydrogens (tertiary/aromatic N) is 4. The molecule has 0 bridgehead atoms. The first-order valence-electron chi connectivity index (χ1n) is 12.4. The molecule has 5 rings (SSSR count). The van der Waals surface area contributed by atoms with Crippen molar-refractivity contribution >= 4 is 35.7 Å². The number of methoxy groups -OCH3 is 1. The Bertz CT molecular complexity index is 1340. The van der Waals surface area contributed by atoms with Crippen LogP contribution >= 0.6 is 7.14 Å². The highest BCUT2D eigenvalue weighted by atomic mass is 31.2. The Morgan fingerprint density at radius 2 is 1.83 bits per heavy atom. The lowest BCUT2D eigenvalue weighted by Crippen LogP contribution is -2.44. The van der Waals surface area contributed by atoms with E-state index >= 15 is 0 Å². The van der Waals surface area contributed by atoms with Gasteiger partial charge < -0.3 is 24.4 Å². The molecule has 0 spiro atoms. The Kier molecular flexibility index (Phi) is 6.87. The summed E-state index contributed by atoms with van der Waals surface area (Å²) in [6.07, 6.45) is 5.51. The van der Waals surface area contributed by atoms with Crippen LogP contribution in [0, 0.1) is 0 Å². The minimum atomic E-state index is -2.46. The molecule has 0 amide bonds. The lowest BCUT2D eigenvalue weighted by atomic mass is 10.1. The number of piperazine rings is 1. The molecular formula is C28H34N5O2P. The van der Waals surface area contributed by atoms with Crippen LogP contribution in [0.25, 0.3) is 6.08 Å². The minimum absolute atomic E-state index is 0.565. The van der Waals surface area contributed by atoms with Crippen molar-refractivity contribution in [1.82, 2.24) is 14.9 Å². The van der Waals surface area contributed by atoms with Crippen LogP contribution in [0.3, 0.4) is 0 Å². The summed E-state index contributed by atoms with van der Waals surface area (Å²) >= 11 is 0. The number of para-hydroxylation sites is 1. The summed E-state index contributed by atoms with van der Waals surface area (Å²) in [7, 11) is 1.43. The van der Waals surface area contributed by atoms with E-state index < -0.39 is 7.14 Å². The molecule has 8 heteroatoms. The number of hydrogen-bond donors (Lipinski definition) is 1. The number of aromatic nitrogens is 2. The van der Waals surface area contributed by atoms with Gasteiger partial charge in [0.2, 0.25) is 0 Å². The van der Waals surface area contributed by atoms with Gasteiger partial charge in [-0.2, -0.15) is 0 Å². The molecule has 1 aromatic heterocycles. The lowest BCUT2D eigenvalue weighted by molar-refractivity contribution is 0.312. The zero-order valence-corrected chi connectivity index (χ0v) is 22.4. The number of fused-ring (bicyclic) bond motifs is 1. The molecule has 36 heavy (non-hydrogen) atoms. The van der Waals surface area contributed by atoms with Crippen molar-refractivity contribution in [2.24, 2.45) is 0 Å². The van der Waals surface area contributed by atoms with Crippen LogP contribution < -0.4 is 20.3 Å². The quantitative estimate of drug-likeness (QED) is 0.480. The van der Waals surface area contributed by atoms with Gasteiger partial charge in [0.25, 0.3) is 0 Å². The van der Waals surface area contributed by atoms with Crippen molar-refractivity contribution in [2.75, 3.05) is 63.9 Å². The Morgan fingerprint density at radius 3 is 2.58 bits per heavy atom. The molecule has 0 atom stereocenters. The number of hydrogen-bond acceptors (Lipinski definition) is 7. The smallest absolute Gasteiger partial charge is 0.141 e. The summed E-state index contributed by atoms with van der Waals surface area (Å²) in [5.41, 5.74) is 5.06. The Morgan fingerprint density at radius 1 is 1.06 bits per heavy atom. The predicted octanol–water partition coefficient (Wildman–Crippen LogP) is 4.39. The fourth-order valence-electron chi connectivity index (χ4n) is 4.85. The van der Waals surface area contributed by atoms with E-state index in [2.05, 4.69) is 52.5 Å². The minimum Gasteiger partial charge on any atom is -0.496 e. The molecule has 1 saturated heterocycles. The lowest BCUT2D eigenvalue weighted by Gasteiger charge is -2.34. The largest absolute Gasteiger partial charge is 0.496 e. The molecule has 0 saturated carbocycles. The topological polar surface area (TPSA) is 70.6 Å². The highest BCUT2D eigenvalue weighted by Crippen LogP contribution is 2.39. The first kappa shape index (κ1) is 24.5. The maximum absolute atomic E-state index is 12.9. The number of likely N-dealkylation sites (N-methyl/N-ethyl adjacent to an activating group) is 1. The van der Waals surface area contributed by atoms with E-state index in [1.807, 2.05) is 24.3 Å². The van der Waals surface area contributed by atoms with Gasteiger partial charge in [0.15, 0.2) is 0 Å². The molecule has 1 aliphatic carbocycles. The molecule has 188 valence electrons. The predicted molar refractivity (Wildman–Crippen MR) is 149 cm³/mol. The summed E-state index contributed by atoms with van der Waals surface area (Å²) in [5, 5.41) is 4.29. The molecule has 3 aromatic rings. The van der Waals surface area contributed by atoms with Gasteiger partial charge in [-0.15, -0.1) is 0 Å². The zero-order chi connectivity index (χ0) is 25.3. The maximum atomic E-state index is 12.9. The van der Waals surface area contributed by atoms with Crippen LogP contribution in [0.2, 0.25) is 0 Å². The molecule has 0 radical (unpaired) electrons. The Labute approximate surface area is 213 Å². The number of anilines is 3. The third-order valence-corrected chi connectivity index (χ3v) is 8.44. The first-order chi connectivity index (χ1) is 17.3.